The Balaban J connectivity index is 1.83. The van der Waals surface area contributed by atoms with Crippen LogP contribution in [0.3, 0.4) is 0 Å². The van der Waals surface area contributed by atoms with Crippen molar-refractivity contribution in [2.75, 3.05) is 6.61 Å². The van der Waals surface area contributed by atoms with Crippen LogP contribution in [0.5, 0.6) is 0 Å². The molecule has 0 atom stereocenters. The van der Waals surface area contributed by atoms with Gasteiger partial charge in [0.2, 0.25) is 5.90 Å². The molecular formula is C13H16N2O3S. The number of nitrogens with two attached hydrogens (primary N) is 1. The lowest BCUT2D eigenvalue weighted by molar-refractivity contribution is 0.211. The van der Waals surface area contributed by atoms with Crippen molar-refractivity contribution in [3.8, 4) is 0 Å². The van der Waals surface area contributed by atoms with Crippen molar-refractivity contribution in [2.24, 2.45) is 10.1 Å². The zero-order valence-corrected chi connectivity index (χ0v) is 11.3. The van der Waals surface area contributed by atoms with E-state index in [1.165, 1.54) is 6.07 Å². The quantitative estimate of drug-likeness (QED) is 0.888. The van der Waals surface area contributed by atoms with Gasteiger partial charge in [0, 0.05) is 0 Å². The number of hydrogen-bond acceptors (Lipinski definition) is 4. The maximum absolute atomic E-state index is 11.8. The average Bonchev–Trinajstić information content (AvgIpc) is 2.91. The number of nitrogens with zero attached hydrogens (tertiary/aromatic N) is 1. The van der Waals surface area contributed by atoms with E-state index < -0.39 is 10.0 Å². The molecule has 1 aromatic carbocycles. The highest BCUT2D eigenvalue weighted by Crippen LogP contribution is 2.30. The summed E-state index contributed by atoms with van der Waals surface area (Å²) in [6.45, 7) is 0.315. The maximum Gasteiger partial charge on any atom is 0.286 e. The standard InChI is InChI=1S/C13H16N2O3S/c14-13(7-3-4-8-13)9-18-12-10-5-1-2-6-11(10)19(16,17)15-12/h1-2,5-6H,3-4,7-9,14H2. The predicted molar refractivity (Wildman–Crippen MR) is 71.5 cm³/mol. The zero-order valence-electron chi connectivity index (χ0n) is 10.5. The summed E-state index contributed by atoms with van der Waals surface area (Å²) in [5.41, 5.74) is 6.38. The van der Waals surface area contributed by atoms with Gasteiger partial charge in [-0.15, -0.1) is 4.40 Å². The number of fused-ring (bicyclic) bond motifs is 1. The van der Waals surface area contributed by atoms with Crippen LogP contribution in [-0.2, 0) is 14.8 Å². The summed E-state index contributed by atoms with van der Waals surface area (Å²) in [6, 6.07) is 6.69. The zero-order chi connectivity index (χ0) is 13.5. The highest BCUT2D eigenvalue weighted by molar-refractivity contribution is 7.90. The minimum atomic E-state index is -3.60. The van der Waals surface area contributed by atoms with Crippen LogP contribution in [0.15, 0.2) is 33.6 Å². The molecule has 0 spiro atoms. The Hall–Kier alpha value is -1.40. The Labute approximate surface area is 112 Å². The number of hydrogen-bond donors (Lipinski definition) is 1. The molecule has 2 aliphatic rings. The summed E-state index contributed by atoms with van der Waals surface area (Å²) in [5.74, 6) is 0.173. The number of sulfonamides is 1. The van der Waals surface area contributed by atoms with Crippen molar-refractivity contribution in [1.29, 1.82) is 0 Å². The predicted octanol–water partition coefficient (Wildman–Crippen LogP) is 1.42. The second kappa shape index (κ2) is 4.31. The third-order valence-electron chi connectivity index (χ3n) is 3.69. The van der Waals surface area contributed by atoms with E-state index in [9.17, 15) is 8.42 Å². The van der Waals surface area contributed by atoms with E-state index in [0.717, 1.165) is 25.7 Å². The van der Waals surface area contributed by atoms with E-state index in [4.69, 9.17) is 10.5 Å². The van der Waals surface area contributed by atoms with Crippen LogP contribution in [-0.4, -0.2) is 26.5 Å². The first kappa shape index (κ1) is 12.6. The molecule has 0 bridgehead atoms. The minimum absolute atomic E-state index is 0.173. The van der Waals surface area contributed by atoms with Crippen molar-refractivity contribution < 1.29 is 13.2 Å². The smallest absolute Gasteiger partial charge is 0.286 e. The summed E-state index contributed by atoms with van der Waals surface area (Å²) in [4.78, 5) is 0.211. The first-order valence-corrected chi connectivity index (χ1v) is 7.80. The first-order chi connectivity index (χ1) is 9.00. The molecular weight excluding hydrogens is 264 g/mol. The molecule has 1 aliphatic carbocycles. The monoisotopic (exact) mass is 280 g/mol. The van der Waals surface area contributed by atoms with Crippen LogP contribution < -0.4 is 5.73 Å². The summed E-state index contributed by atoms with van der Waals surface area (Å²) in [5, 5.41) is 0. The van der Waals surface area contributed by atoms with E-state index in [1.54, 1.807) is 18.2 Å². The van der Waals surface area contributed by atoms with Gasteiger partial charge in [-0.3, -0.25) is 0 Å². The van der Waals surface area contributed by atoms with Crippen LogP contribution in [0, 0.1) is 0 Å². The molecule has 0 radical (unpaired) electrons. The lowest BCUT2D eigenvalue weighted by Crippen LogP contribution is -2.42. The van der Waals surface area contributed by atoms with E-state index in [-0.39, 0.29) is 16.3 Å². The molecule has 1 fully saturated rings. The molecule has 2 N–H and O–H groups in total. The van der Waals surface area contributed by atoms with Gasteiger partial charge in [-0.2, -0.15) is 8.42 Å². The fraction of sp³-hybridized carbons (Fsp3) is 0.462. The van der Waals surface area contributed by atoms with Gasteiger partial charge in [0.25, 0.3) is 10.0 Å². The van der Waals surface area contributed by atoms with Gasteiger partial charge in [0.1, 0.15) is 11.5 Å². The largest absolute Gasteiger partial charge is 0.475 e. The van der Waals surface area contributed by atoms with Gasteiger partial charge in [0.15, 0.2) is 0 Å². The molecule has 5 nitrogen and oxygen atoms in total. The first-order valence-electron chi connectivity index (χ1n) is 6.36. The fourth-order valence-corrected chi connectivity index (χ4v) is 3.77. The normalized spacial score (nSPS) is 22.9. The van der Waals surface area contributed by atoms with E-state index in [0.29, 0.717) is 12.2 Å². The van der Waals surface area contributed by atoms with Gasteiger partial charge in [0.05, 0.1) is 11.1 Å². The van der Waals surface area contributed by atoms with Crippen molar-refractivity contribution >= 4 is 15.9 Å². The minimum Gasteiger partial charge on any atom is -0.475 e. The molecule has 3 rings (SSSR count). The van der Waals surface area contributed by atoms with Gasteiger partial charge in [-0.25, -0.2) is 0 Å². The Morgan fingerprint density at radius 1 is 1.26 bits per heavy atom. The van der Waals surface area contributed by atoms with E-state index >= 15 is 0 Å². The van der Waals surface area contributed by atoms with Gasteiger partial charge in [-0.05, 0) is 25.0 Å². The Morgan fingerprint density at radius 2 is 1.95 bits per heavy atom. The highest BCUT2D eigenvalue weighted by atomic mass is 32.2. The molecule has 102 valence electrons. The molecule has 0 saturated heterocycles. The van der Waals surface area contributed by atoms with E-state index in [1.807, 2.05) is 0 Å². The topological polar surface area (TPSA) is 81.8 Å². The summed E-state index contributed by atoms with van der Waals surface area (Å²) >= 11 is 0. The molecule has 0 unspecified atom stereocenters. The van der Waals surface area contributed by atoms with Crippen molar-refractivity contribution in [3.05, 3.63) is 29.8 Å². The number of ether oxygens (including phenoxy) is 1. The van der Waals surface area contributed by atoms with Crippen molar-refractivity contribution in [1.82, 2.24) is 0 Å². The van der Waals surface area contributed by atoms with Crippen LogP contribution >= 0.6 is 0 Å². The third-order valence-corrected chi connectivity index (χ3v) is 5.01. The maximum atomic E-state index is 11.8. The van der Waals surface area contributed by atoms with Crippen LogP contribution in [0.25, 0.3) is 0 Å². The average molecular weight is 280 g/mol. The number of benzene rings is 1. The van der Waals surface area contributed by atoms with E-state index in [2.05, 4.69) is 4.40 Å². The molecule has 1 heterocycles. The molecule has 0 aromatic heterocycles. The Kier molecular flexibility index (Phi) is 2.87. The van der Waals surface area contributed by atoms with Gasteiger partial charge in [-0.1, -0.05) is 25.0 Å². The summed E-state index contributed by atoms with van der Waals surface area (Å²) in [6.07, 6.45) is 4.02. The molecule has 6 heteroatoms. The van der Waals surface area contributed by atoms with Crippen LogP contribution in [0.1, 0.15) is 31.2 Å². The summed E-state index contributed by atoms with van der Waals surface area (Å²) < 4.78 is 33.0. The van der Waals surface area contributed by atoms with Crippen LogP contribution in [0.2, 0.25) is 0 Å². The SMILES string of the molecule is NC1(COC2=NS(=O)(=O)c3ccccc32)CCCC1. The van der Waals surface area contributed by atoms with Crippen molar-refractivity contribution in [3.63, 3.8) is 0 Å². The summed E-state index contributed by atoms with van der Waals surface area (Å²) in [7, 11) is -3.60. The lowest BCUT2D eigenvalue weighted by atomic mass is 10.0. The Bertz CT molecular complexity index is 631. The van der Waals surface area contributed by atoms with Crippen LogP contribution in [0.4, 0.5) is 0 Å². The lowest BCUT2D eigenvalue weighted by Gasteiger charge is -2.23. The fourth-order valence-electron chi connectivity index (χ4n) is 2.62. The second-order valence-corrected chi connectivity index (χ2v) is 6.80. The van der Waals surface area contributed by atoms with Gasteiger partial charge >= 0.3 is 0 Å². The van der Waals surface area contributed by atoms with Crippen molar-refractivity contribution in [2.45, 2.75) is 36.1 Å². The van der Waals surface area contributed by atoms with Gasteiger partial charge < -0.3 is 10.5 Å². The molecule has 1 aliphatic heterocycles. The third kappa shape index (κ3) is 2.26. The Morgan fingerprint density at radius 3 is 2.68 bits per heavy atom. The highest BCUT2D eigenvalue weighted by Gasteiger charge is 2.34. The molecule has 19 heavy (non-hydrogen) atoms. The molecule has 1 saturated carbocycles. The second-order valence-electron chi connectivity index (χ2n) is 5.23. The number of rotatable bonds is 2. The molecule has 0 amide bonds. The molecule has 1 aromatic rings.